The monoisotopic (exact) mass is 288 g/mol. The maximum atomic E-state index is 12.3. The number of benzene rings is 2. The third-order valence-electron chi connectivity index (χ3n) is 3.10. The van der Waals surface area contributed by atoms with Crippen molar-refractivity contribution in [1.82, 2.24) is 0 Å². The van der Waals surface area contributed by atoms with E-state index in [1.807, 2.05) is 56.3 Å². The Labute approximate surface area is 121 Å². The van der Waals surface area contributed by atoms with Gasteiger partial charge in [-0.05, 0) is 30.5 Å². The van der Waals surface area contributed by atoms with E-state index >= 15 is 0 Å². The molecule has 4 heteroatoms. The van der Waals surface area contributed by atoms with Crippen molar-refractivity contribution in [2.45, 2.75) is 20.5 Å². The highest BCUT2D eigenvalue weighted by molar-refractivity contribution is 7.10. The summed E-state index contributed by atoms with van der Waals surface area (Å²) in [5.41, 5.74) is 3.18. The van der Waals surface area contributed by atoms with Gasteiger partial charge in [0.2, 0.25) is 0 Å². The Balaban J connectivity index is 2.19. The first-order valence-electron chi connectivity index (χ1n) is 6.31. The van der Waals surface area contributed by atoms with Gasteiger partial charge in [0.1, 0.15) is 17.9 Å². The first-order valence-corrected chi connectivity index (χ1v) is 6.78. The third kappa shape index (κ3) is 3.17. The molecule has 20 heavy (non-hydrogen) atoms. The van der Waals surface area contributed by atoms with Gasteiger partial charge in [0.15, 0.2) is 0 Å². The lowest BCUT2D eigenvalue weighted by atomic mass is 10.0. The summed E-state index contributed by atoms with van der Waals surface area (Å²) in [6.07, 6.45) is 0. The van der Waals surface area contributed by atoms with E-state index < -0.39 is 0 Å². The molecule has 0 radical (unpaired) electrons. The molecule has 1 unspecified atom stereocenters. The summed E-state index contributed by atoms with van der Waals surface area (Å²) in [5.74, 6) is 0.181. The minimum absolute atomic E-state index is 0.253. The molecule has 0 amide bonds. The smallest absolute Gasteiger partial charge is 0.342 e. The Bertz CT molecular complexity index is 609. The molecule has 0 N–H and O–H groups in total. The molecule has 0 spiro atoms. The fourth-order valence-corrected chi connectivity index (χ4v) is 2.29. The van der Waals surface area contributed by atoms with E-state index in [2.05, 4.69) is 9.47 Å². The summed E-state index contributed by atoms with van der Waals surface area (Å²) >= 11 is 0. The molecule has 2 aromatic carbocycles. The Hall–Kier alpha value is -1.86. The first-order chi connectivity index (χ1) is 9.63. The van der Waals surface area contributed by atoms with Crippen LogP contribution in [0.5, 0.6) is 5.75 Å². The topological polar surface area (TPSA) is 35.5 Å². The summed E-state index contributed by atoms with van der Waals surface area (Å²) in [7, 11) is 2.18. The van der Waals surface area contributed by atoms with Crippen molar-refractivity contribution in [1.29, 1.82) is 0 Å². The number of ether oxygens (including phenoxy) is 1. The van der Waals surface area contributed by atoms with Crippen LogP contribution in [0.2, 0.25) is 0 Å². The van der Waals surface area contributed by atoms with Gasteiger partial charge in [-0.1, -0.05) is 42.5 Å². The highest BCUT2D eigenvalue weighted by atomic mass is 31.0. The number of rotatable bonds is 4. The van der Waals surface area contributed by atoms with Crippen LogP contribution in [0.3, 0.4) is 0 Å². The van der Waals surface area contributed by atoms with Crippen LogP contribution in [0.15, 0.2) is 42.5 Å². The minimum atomic E-state index is -0.368. The zero-order chi connectivity index (χ0) is 14.5. The van der Waals surface area contributed by atoms with Crippen molar-refractivity contribution in [3.8, 4) is 5.75 Å². The zero-order valence-corrected chi connectivity index (χ0v) is 12.7. The molecule has 1 atom stereocenters. The number of aryl methyl sites for hydroxylation is 2. The van der Waals surface area contributed by atoms with Gasteiger partial charge >= 0.3 is 5.97 Å². The molecule has 104 valence electrons. The summed E-state index contributed by atoms with van der Waals surface area (Å²) in [5, 5.41) is 0. The van der Waals surface area contributed by atoms with Gasteiger partial charge in [-0.15, -0.1) is 0 Å². The van der Waals surface area contributed by atoms with E-state index in [1.165, 1.54) is 0 Å². The second kappa shape index (κ2) is 6.53. The predicted octanol–water partition coefficient (Wildman–Crippen LogP) is 3.83. The minimum Gasteiger partial charge on any atom is -0.479 e. The largest absolute Gasteiger partial charge is 0.479 e. The molecule has 2 aromatic rings. The molecule has 0 bridgehead atoms. The number of esters is 1. The molecule has 0 aromatic heterocycles. The Morgan fingerprint density at radius 1 is 1.05 bits per heavy atom. The maximum Gasteiger partial charge on any atom is 0.342 e. The van der Waals surface area contributed by atoms with Crippen molar-refractivity contribution in [3.05, 3.63) is 64.7 Å². The van der Waals surface area contributed by atoms with Crippen molar-refractivity contribution >= 4 is 15.4 Å². The standard InChI is InChI=1S/C16H17O3P/c1-11-8-9-12(2)15(19-20)14(11)16(17)18-10-13-6-4-3-5-7-13/h3-9H,10,20H2,1-2H3. The zero-order valence-electron chi connectivity index (χ0n) is 11.6. The Kier molecular flexibility index (Phi) is 4.75. The Morgan fingerprint density at radius 2 is 1.70 bits per heavy atom. The average molecular weight is 288 g/mol. The first kappa shape index (κ1) is 14.5. The van der Waals surface area contributed by atoms with Gasteiger partial charge < -0.3 is 9.26 Å². The van der Waals surface area contributed by atoms with Crippen LogP contribution in [-0.4, -0.2) is 5.97 Å². The van der Waals surface area contributed by atoms with E-state index in [9.17, 15) is 4.79 Å². The lowest BCUT2D eigenvalue weighted by Crippen LogP contribution is -2.09. The van der Waals surface area contributed by atoms with E-state index in [0.29, 0.717) is 11.3 Å². The van der Waals surface area contributed by atoms with Crippen molar-refractivity contribution in [3.63, 3.8) is 0 Å². The second-order valence-corrected chi connectivity index (χ2v) is 4.82. The molecule has 2 rings (SSSR count). The van der Waals surface area contributed by atoms with Crippen molar-refractivity contribution in [2.75, 3.05) is 0 Å². The van der Waals surface area contributed by atoms with Crippen molar-refractivity contribution in [2.24, 2.45) is 0 Å². The predicted molar refractivity (Wildman–Crippen MR) is 81.8 cm³/mol. The molecule has 0 aliphatic rings. The van der Waals surface area contributed by atoms with Crippen molar-refractivity contribution < 1.29 is 14.1 Å². The van der Waals surface area contributed by atoms with E-state index in [1.54, 1.807) is 0 Å². The normalized spacial score (nSPS) is 10.2. The molecule has 3 nitrogen and oxygen atoms in total. The molecule has 0 heterocycles. The molecule has 0 fully saturated rings. The average Bonchev–Trinajstić information content (AvgIpc) is 2.48. The summed E-state index contributed by atoms with van der Waals surface area (Å²) in [4.78, 5) is 12.3. The maximum absolute atomic E-state index is 12.3. The number of hydrogen-bond donors (Lipinski definition) is 0. The van der Waals surface area contributed by atoms with Gasteiger partial charge in [-0.2, -0.15) is 0 Å². The lowest BCUT2D eigenvalue weighted by molar-refractivity contribution is 0.0470. The fourth-order valence-electron chi connectivity index (χ4n) is 1.99. The van der Waals surface area contributed by atoms with Crippen LogP contribution in [0.4, 0.5) is 0 Å². The van der Waals surface area contributed by atoms with Crippen LogP contribution in [0.25, 0.3) is 0 Å². The molecular formula is C16H17O3P. The molecule has 0 saturated carbocycles. The van der Waals surface area contributed by atoms with E-state index in [4.69, 9.17) is 9.26 Å². The van der Waals surface area contributed by atoms with E-state index in [0.717, 1.165) is 16.7 Å². The SMILES string of the molecule is Cc1ccc(C)c(C(=O)OCc2ccccc2)c1OP. The number of hydrogen-bond acceptors (Lipinski definition) is 3. The Morgan fingerprint density at radius 3 is 2.35 bits per heavy atom. The second-order valence-electron chi connectivity index (χ2n) is 4.58. The highest BCUT2D eigenvalue weighted by Gasteiger charge is 2.18. The summed E-state index contributed by atoms with van der Waals surface area (Å²) < 4.78 is 10.6. The van der Waals surface area contributed by atoms with E-state index in [-0.39, 0.29) is 12.6 Å². The van der Waals surface area contributed by atoms with Gasteiger partial charge in [0.05, 0.1) is 9.47 Å². The third-order valence-corrected chi connectivity index (χ3v) is 3.33. The van der Waals surface area contributed by atoms with Gasteiger partial charge in [-0.25, -0.2) is 4.79 Å². The number of carbonyl (C=O) groups excluding carboxylic acids is 1. The molecular weight excluding hydrogens is 271 g/mol. The molecule has 0 aliphatic carbocycles. The highest BCUT2D eigenvalue weighted by Crippen LogP contribution is 2.29. The van der Waals surface area contributed by atoms with Gasteiger partial charge in [-0.3, -0.25) is 0 Å². The fraction of sp³-hybridized carbons (Fsp3) is 0.188. The molecule has 0 saturated heterocycles. The van der Waals surface area contributed by atoms with Crippen LogP contribution in [0, 0.1) is 13.8 Å². The van der Waals surface area contributed by atoms with Crippen LogP contribution in [0.1, 0.15) is 27.0 Å². The van der Waals surface area contributed by atoms with Crippen LogP contribution < -0.4 is 4.52 Å². The summed E-state index contributed by atoms with van der Waals surface area (Å²) in [6.45, 7) is 4.02. The summed E-state index contributed by atoms with van der Waals surface area (Å²) in [6, 6.07) is 13.4. The van der Waals surface area contributed by atoms with Crippen LogP contribution in [-0.2, 0) is 11.3 Å². The lowest BCUT2D eigenvalue weighted by Gasteiger charge is -2.13. The molecule has 0 aliphatic heterocycles. The van der Waals surface area contributed by atoms with Gasteiger partial charge in [0.25, 0.3) is 0 Å². The van der Waals surface area contributed by atoms with Gasteiger partial charge in [0, 0.05) is 0 Å². The van der Waals surface area contributed by atoms with Crippen LogP contribution >= 0.6 is 9.47 Å². The number of carbonyl (C=O) groups is 1. The quantitative estimate of drug-likeness (QED) is 0.633.